The molecule has 1 amide bonds. The summed E-state index contributed by atoms with van der Waals surface area (Å²) in [4.78, 5) is 12.4. The summed E-state index contributed by atoms with van der Waals surface area (Å²) in [6, 6.07) is 14.8. The quantitative estimate of drug-likeness (QED) is 0.818. The molecule has 2 aromatic rings. The summed E-state index contributed by atoms with van der Waals surface area (Å²) < 4.78 is 28.5. The first-order chi connectivity index (χ1) is 12.0. The van der Waals surface area contributed by atoms with Crippen LogP contribution >= 0.6 is 0 Å². The standard InChI is InChI=1S/C17H14F2N4O2/c1-11-15(16(24)23(22-11)13-5-3-2-4-6-13)21-20-12-7-9-14(10-8-12)25-17(18)19/h2-10,17,20,22H,1H2/b21-15+. The Morgan fingerprint density at radius 3 is 2.44 bits per heavy atom. The van der Waals surface area contributed by atoms with E-state index in [1.165, 1.54) is 29.3 Å². The van der Waals surface area contributed by atoms with Crippen molar-refractivity contribution in [3.05, 3.63) is 66.9 Å². The Bertz CT molecular complexity index is 807. The molecule has 8 heteroatoms. The van der Waals surface area contributed by atoms with Crippen molar-refractivity contribution < 1.29 is 18.3 Å². The molecule has 1 heterocycles. The molecule has 25 heavy (non-hydrogen) atoms. The van der Waals surface area contributed by atoms with E-state index in [1.807, 2.05) is 18.2 Å². The molecular weight excluding hydrogens is 330 g/mol. The number of benzene rings is 2. The van der Waals surface area contributed by atoms with E-state index in [2.05, 4.69) is 27.3 Å². The van der Waals surface area contributed by atoms with Gasteiger partial charge in [-0.25, -0.2) is 5.01 Å². The van der Waals surface area contributed by atoms with Gasteiger partial charge in [-0.1, -0.05) is 24.8 Å². The van der Waals surface area contributed by atoms with E-state index >= 15 is 0 Å². The zero-order chi connectivity index (χ0) is 17.8. The van der Waals surface area contributed by atoms with Gasteiger partial charge in [0.2, 0.25) is 0 Å². The van der Waals surface area contributed by atoms with E-state index in [1.54, 1.807) is 12.1 Å². The van der Waals surface area contributed by atoms with Gasteiger partial charge in [0.15, 0.2) is 5.71 Å². The number of nitrogens with zero attached hydrogens (tertiary/aromatic N) is 2. The van der Waals surface area contributed by atoms with Crippen LogP contribution in [0.15, 0.2) is 72.0 Å². The van der Waals surface area contributed by atoms with Gasteiger partial charge in [0.25, 0.3) is 5.91 Å². The van der Waals surface area contributed by atoms with E-state index in [0.29, 0.717) is 17.1 Å². The summed E-state index contributed by atoms with van der Waals surface area (Å²) >= 11 is 0. The lowest BCUT2D eigenvalue weighted by molar-refractivity contribution is -0.112. The van der Waals surface area contributed by atoms with Crippen molar-refractivity contribution in [2.24, 2.45) is 5.10 Å². The number of halogens is 2. The van der Waals surface area contributed by atoms with Crippen LogP contribution in [0, 0.1) is 0 Å². The number of carbonyl (C=O) groups excluding carboxylic acids is 1. The summed E-state index contributed by atoms with van der Waals surface area (Å²) in [5.74, 6) is -0.326. The molecule has 1 aliphatic rings. The van der Waals surface area contributed by atoms with Crippen LogP contribution in [0.2, 0.25) is 0 Å². The van der Waals surface area contributed by atoms with Crippen molar-refractivity contribution in [2.75, 3.05) is 10.4 Å². The molecule has 0 aliphatic carbocycles. The maximum Gasteiger partial charge on any atom is 0.387 e. The number of anilines is 2. The SMILES string of the molecule is C=C1NN(c2ccccc2)C(=O)/C1=N/Nc1ccc(OC(F)F)cc1. The Balaban J connectivity index is 1.71. The van der Waals surface area contributed by atoms with Gasteiger partial charge in [0, 0.05) is 0 Å². The monoisotopic (exact) mass is 344 g/mol. The molecule has 3 rings (SSSR count). The summed E-state index contributed by atoms with van der Waals surface area (Å²) in [5, 5.41) is 5.38. The van der Waals surface area contributed by atoms with Crippen LogP contribution in [0.5, 0.6) is 5.75 Å². The van der Waals surface area contributed by atoms with Crippen LogP contribution in [0.4, 0.5) is 20.2 Å². The number of carbonyl (C=O) groups is 1. The third kappa shape index (κ3) is 3.74. The number of hydrazine groups is 1. The third-order valence-electron chi connectivity index (χ3n) is 3.33. The number of alkyl halides is 2. The van der Waals surface area contributed by atoms with Gasteiger partial charge >= 0.3 is 6.61 Å². The lowest BCUT2D eigenvalue weighted by atomic mass is 10.3. The molecular formula is C17H14F2N4O2. The average molecular weight is 344 g/mol. The zero-order valence-corrected chi connectivity index (χ0v) is 12.9. The van der Waals surface area contributed by atoms with Gasteiger partial charge in [-0.15, -0.1) is 0 Å². The molecule has 2 aromatic carbocycles. The second-order valence-corrected chi connectivity index (χ2v) is 5.04. The highest BCUT2D eigenvalue weighted by molar-refractivity contribution is 6.51. The van der Waals surface area contributed by atoms with E-state index in [9.17, 15) is 13.6 Å². The largest absolute Gasteiger partial charge is 0.435 e. The minimum atomic E-state index is -2.88. The minimum absolute atomic E-state index is 0.0338. The number of para-hydroxylation sites is 1. The normalized spacial score (nSPS) is 15.6. The predicted molar refractivity (Wildman–Crippen MR) is 90.3 cm³/mol. The predicted octanol–water partition coefficient (Wildman–Crippen LogP) is 3.12. The van der Waals surface area contributed by atoms with E-state index in [0.717, 1.165) is 0 Å². The third-order valence-corrected chi connectivity index (χ3v) is 3.33. The first kappa shape index (κ1) is 16.4. The Morgan fingerprint density at radius 1 is 1.12 bits per heavy atom. The summed E-state index contributed by atoms with van der Waals surface area (Å²) in [7, 11) is 0. The van der Waals surface area contributed by atoms with Crippen molar-refractivity contribution >= 4 is 23.0 Å². The molecule has 128 valence electrons. The second kappa shape index (κ2) is 7.00. The highest BCUT2D eigenvalue weighted by Crippen LogP contribution is 2.20. The maximum absolute atomic E-state index is 12.4. The summed E-state index contributed by atoms with van der Waals surface area (Å²) in [6.07, 6.45) is 0. The van der Waals surface area contributed by atoms with Gasteiger partial charge in [0.05, 0.1) is 17.1 Å². The highest BCUT2D eigenvalue weighted by atomic mass is 19.3. The van der Waals surface area contributed by atoms with E-state index < -0.39 is 6.61 Å². The molecule has 2 N–H and O–H groups in total. The van der Waals surface area contributed by atoms with Gasteiger partial charge < -0.3 is 4.74 Å². The summed E-state index contributed by atoms with van der Waals surface area (Å²) in [6.45, 7) is 0.892. The number of hydrazone groups is 1. The fourth-order valence-electron chi connectivity index (χ4n) is 2.18. The van der Waals surface area contributed by atoms with E-state index in [4.69, 9.17) is 0 Å². The molecule has 1 fully saturated rings. The lowest BCUT2D eigenvalue weighted by Gasteiger charge is -2.14. The van der Waals surface area contributed by atoms with Crippen LogP contribution < -0.4 is 20.6 Å². The van der Waals surface area contributed by atoms with Crippen molar-refractivity contribution in [2.45, 2.75) is 6.61 Å². The van der Waals surface area contributed by atoms with Crippen molar-refractivity contribution in [1.82, 2.24) is 5.43 Å². The Hall–Kier alpha value is -3.42. The number of hydrogen-bond donors (Lipinski definition) is 2. The van der Waals surface area contributed by atoms with Crippen LogP contribution in [-0.4, -0.2) is 18.2 Å². The molecule has 0 bridgehead atoms. The minimum Gasteiger partial charge on any atom is -0.435 e. The van der Waals surface area contributed by atoms with Gasteiger partial charge in [-0.05, 0) is 36.4 Å². The van der Waals surface area contributed by atoms with Crippen LogP contribution in [0.25, 0.3) is 0 Å². The lowest BCUT2D eigenvalue weighted by Crippen LogP contribution is -2.34. The Labute approximate surface area is 142 Å². The second-order valence-electron chi connectivity index (χ2n) is 5.04. The topological polar surface area (TPSA) is 66.0 Å². The number of amides is 1. The van der Waals surface area contributed by atoms with Gasteiger partial charge in [-0.2, -0.15) is 13.9 Å². The van der Waals surface area contributed by atoms with Gasteiger partial charge in [0.1, 0.15) is 5.75 Å². The molecule has 0 unspecified atom stereocenters. The average Bonchev–Trinajstić information content (AvgIpc) is 2.89. The van der Waals surface area contributed by atoms with Gasteiger partial charge in [-0.3, -0.25) is 15.6 Å². The van der Waals surface area contributed by atoms with Crippen LogP contribution in [-0.2, 0) is 4.79 Å². The van der Waals surface area contributed by atoms with Crippen molar-refractivity contribution in [1.29, 1.82) is 0 Å². The highest BCUT2D eigenvalue weighted by Gasteiger charge is 2.32. The smallest absolute Gasteiger partial charge is 0.387 e. The first-order valence-electron chi connectivity index (χ1n) is 7.28. The summed E-state index contributed by atoms with van der Waals surface area (Å²) in [5.41, 5.74) is 7.18. The molecule has 6 nitrogen and oxygen atoms in total. The molecule has 0 atom stereocenters. The zero-order valence-electron chi connectivity index (χ0n) is 12.9. The number of rotatable bonds is 5. The van der Waals surface area contributed by atoms with Crippen LogP contribution in [0.1, 0.15) is 0 Å². The fraction of sp³-hybridized carbons (Fsp3) is 0.0588. The molecule has 0 saturated carbocycles. The molecule has 1 aliphatic heterocycles. The Morgan fingerprint density at radius 2 is 1.80 bits per heavy atom. The molecule has 0 aromatic heterocycles. The number of ether oxygens (including phenoxy) is 1. The fourth-order valence-corrected chi connectivity index (χ4v) is 2.18. The molecule has 0 radical (unpaired) electrons. The van der Waals surface area contributed by atoms with Crippen molar-refractivity contribution in [3.8, 4) is 5.75 Å². The molecule has 1 saturated heterocycles. The maximum atomic E-state index is 12.4. The number of hydrogen-bond acceptors (Lipinski definition) is 5. The number of nitrogens with one attached hydrogen (secondary N) is 2. The Kier molecular flexibility index (Phi) is 4.60. The van der Waals surface area contributed by atoms with Crippen molar-refractivity contribution in [3.63, 3.8) is 0 Å². The van der Waals surface area contributed by atoms with E-state index in [-0.39, 0.29) is 17.4 Å². The molecule has 0 spiro atoms. The first-order valence-corrected chi connectivity index (χ1v) is 7.28. The van der Waals surface area contributed by atoms with Crippen LogP contribution in [0.3, 0.4) is 0 Å².